The van der Waals surface area contributed by atoms with E-state index in [1.807, 2.05) is 30.3 Å². The number of hydrogen-bond donors (Lipinski definition) is 1. The zero-order chi connectivity index (χ0) is 24.8. The summed E-state index contributed by atoms with van der Waals surface area (Å²) in [6, 6.07) is 24.2. The molecule has 7 nitrogen and oxygen atoms in total. The zero-order valence-electron chi connectivity index (χ0n) is 18.6. The molecule has 0 fully saturated rings. The van der Waals surface area contributed by atoms with Gasteiger partial charge in [0.1, 0.15) is 0 Å². The molecule has 0 saturated heterocycles. The van der Waals surface area contributed by atoms with Gasteiger partial charge in [-0.25, -0.2) is 9.63 Å². The van der Waals surface area contributed by atoms with Crippen molar-refractivity contribution < 1.29 is 22.7 Å². The van der Waals surface area contributed by atoms with Gasteiger partial charge in [0.05, 0.1) is 27.8 Å². The summed E-state index contributed by atoms with van der Waals surface area (Å²) in [4.78, 5) is 15.3. The van der Waals surface area contributed by atoms with Gasteiger partial charge in [-0.05, 0) is 69.5 Å². The molecule has 35 heavy (non-hydrogen) atoms. The van der Waals surface area contributed by atoms with Gasteiger partial charge in [-0.2, -0.15) is 13.5 Å². The average Bonchev–Trinajstić information content (AvgIpc) is 2.86. The van der Waals surface area contributed by atoms with Crippen LogP contribution in [0.15, 0.2) is 99.4 Å². The Bertz CT molecular complexity index is 1500. The van der Waals surface area contributed by atoms with Crippen LogP contribution in [0.2, 0.25) is 0 Å². The Labute approximate surface area is 211 Å². The molecule has 4 rings (SSSR count). The molecule has 0 aliphatic carbocycles. The summed E-state index contributed by atoms with van der Waals surface area (Å²) in [6.07, 6.45) is 1.34. The first-order valence-corrected chi connectivity index (χ1v) is 12.9. The van der Waals surface area contributed by atoms with E-state index in [-0.39, 0.29) is 10.6 Å². The van der Waals surface area contributed by atoms with Gasteiger partial charge >= 0.3 is 5.97 Å². The summed E-state index contributed by atoms with van der Waals surface area (Å²) in [5, 5.41) is 5.56. The largest absolute Gasteiger partial charge is 0.490 e. The first kappa shape index (κ1) is 24.4. The van der Waals surface area contributed by atoms with Crippen molar-refractivity contribution in [2.24, 2.45) is 5.10 Å². The second-order valence-electron chi connectivity index (χ2n) is 7.35. The monoisotopic (exact) mass is 552 g/mol. The second-order valence-corrected chi connectivity index (χ2v) is 9.86. The number of carbonyl (C=O) groups excluding carboxylic acids is 1. The van der Waals surface area contributed by atoms with Gasteiger partial charge in [0.2, 0.25) is 0 Å². The molecule has 0 aliphatic heterocycles. The molecule has 0 saturated carbocycles. The summed E-state index contributed by atoms with van der Waals surface area (Å²) < 4.78 is 36.6. The van der Waals surface area contributed by atoms with Crippen molar-refractivity contribution in [3.63, 3.8) is 0 Å². The Morgan fingerprint density at radius 3 is 2.49 bits per heavy atom. The lowest BCUT2D eigenvalue weighted by molar-refractivity contribution is 0.0729. The molecule has 4 aromatic rings. The number of halogens is 1. The van der Waals surface area contributed by atoms with Crippen LogP contribution in [0.1, 0.15) is 22.8 Å². The number of fused-ring (bicyclic) bond motifs is 1. The summed E-state index contributed by atoms with van der Waals surface area (Å²) in [5.74, 6) is -0.00452. The Hall–Kier alpha value is -3.69. The topological polar surface area (TPSA) is 94.1 Å². The second kappa shape index (κ2) is 10.7. The number of nitrogens with zero attached hydrogens (tertiary/aromatic N) is 1. The summed E-state index contributed by atoms with van der Waals surface area (Å²) in [5.41, 5.74) is 0.958. The SMILES string of the molecule is CCOc1cc(/C=N\NS(=O)(=O)c2ccccc2)cc(Br)c1OC(=O)c1cccc2ccccc12. The molecule has 0 unspecified atom stereocenters. The number of benzene rings is 4. The first-order valence-electron chi connectivity index (χ1n) is 10.7. The van der Waals surface area contributed by atoms with Gasteiger partial charge in [-0.3, -0.25) is 0 Å². The fourth-order valence-electron chi connectivity index (χ4n) is 3.40. The Morgan fingerprint density at radius 1 is 1.00 bits per heavy atom. The molecule has 0 aliphatic rings. The molecule has 0 aromatic heterocycles. The van der Waals surface area contributed by atoms with Crippen LogP contribution < -0.4 is 14.3 Å². The number of nitrogens with one attached hydrogen (secondary N) is 1. The average molecular weight is 553 g/mol. The number of esters is 1. The summed E-state index contributed by atoms with van der Waals surface area (Å²) in [6.45, 7) is 2.13. The zero-order valence-corrected chi connectivity index (χ0v) is 21.0. The van der Waals surface area contributed by atoms with Crippen LogP contribution in [-0.4, -0.2) is 27.2 Å². The quantitative estimate of drug-likeness (QED) is 0.134. The van der Waals surface area contributed by atoms with E-state index in [1.54, 1.807) is 49.4 Å². The maximum atomic E-state index is 13.0. The van der Waals surface area contributed by atoms with Gasteiger partial charge in [-0.15, -0.1) is 0 Å². The molecule has 0 amide bonds. The van der Waals surface area contributed by atoms with Crippen molar-refractivity contribution in [1.82, 2.24) is 4.83 Å². The van der Waals surface area contributed by atoms with Gasteiger partial charge in [0.15, 0.2) is 11.5 Å². The van der Waals surface area contributed by atoms with Crippen molar-refractivity contribution >= 4 is 48.9 Å². The smallest absolute Gasteiger partial charge is 0.344 e. The molecule has 0 spiro atoms. The van der Waals surface area contributed by atoms with Gasteiger partial charge in [0, 0.05) is 0 Å². The molecule has 0 atom stereocenters. The minimum Gasteiger partial charge on any atom is -0.490 e. The van der Waals surface area contributed by atoms with E-state index in [9.17, 15) is 13.2 Å². The Balaban J connectivity index is 1.58. The maximum Gasteiger partial charge on any atom is 0.344 e. The highest BCUT2D eigenvalue weighted by Gasteiger charge is 2.19. The van der Waals surface area contributed by atoms with Crippen LogP contribution in [0.3, 0.4) is 0 Å². The minimum absolute atomic E-state index is 0.101. The lowest BCUT2D eigenvalue weighted by Gasteiger charge is -2.14. The van der Waals surface area contributed by atoms with E-state index in [0.29, 0.717) is 28.0 Å². The van der Waals surface area contributed by atoms with Crippen molar-refractivity contribution in [1.29, 1.82) is 0 Å². The van der Waals surface area contributed by atoms with E-state index in [1.165, 1.54) is 18.3 Å². The first-order chi connectivity index (χ1) is 16.9. The lowest BCUT2D eigenvalue weighted by Crippen LogP contribution is -2.18. The van der Waals surface area contributed by atoms with Crippen LogP contribution in [0, 0.1) is 0 Å². The van der Waals surface area contributed by atoms with Crippen LogP contribution in [0.5, 0.6) is 11.5 Å². The van der Waals surface area contributed by atoms with E-state index in [4.69, 9.17) is 9.47 Å². The predicted octanol–water partition coefficient (Wildman–Crippen LogP) is 5.53. The minimum atomic E-state index is -3.79. The number of hydrogen-bond acceptors (Lipinski definition) is 6. The summed E-state index contributed by atoms with van der Waals surface area (Å²) in [7, 11) is -3.79. The van der Waals surface area contributed by atoms with E-state index in [0.717, 1.165) is 10.8 Å². The highest BCUT2D eigenvalue weighted by molar-refractivity contribution is 9.10. The number of carbonyl (C=O) groups is 1. The molecule has 0 heterocycles. The van der Waals surface area contributed by atoms with Crippen molar-refractivity contribution in [3.8, 4) is 11.5 Å². The van der Waals surface area contributed by atoms with E-state index >= 15 is 0 Å². The maximum absolute atomic E-state index is 13.0. The van der Waals surface area contributed by atoms with E-state index in [2.05, 4.69) is 25.9 Å². The molecule has 0 bridgehead atoms. The molecular weight excluding hydrogens is 532 g/mol. The highest BCUT2D eigenvalue weighted by Crippen LogP contribution is 2.37. The van der Waals surface area contributed by atoms with Gasteiger partial charge in [-0.1, -0.05) is 54.6 Å². The van der Waals surface area contributed by atoms with Crippen molar-refractivity contribution in [2.45, 2.75) is 11.8 Å². The lowest BCUT2D eigenvalue weighted by atomic mass is 10.0. The fraction of sp³-hybridized carbons (Fsp3) is 0.0769. The van der Waals surface area contributed by atoms with Gasteiger partial charge < -0.3 is 9.47 Å². The number of rotatable bonds is 8. The third kappa shape index (κ3) is 5.70. The normalized spacial score (nSPS) is 11.5. The summed E-state index contributed by atoms with van der Waals surface area (Å²) >= 11 is 3.43. The Kier molecular flexibility index (Phi) is 7.48. The molecule has 9 heteroatoms. The molecule has 4 aromatic carbocycles. The molecule has 0 radical (unpaired) electrons. The van der Waals surface area contributed by atoms with Crippen molar-refractivity contribution in [3.05, 3.63) is 101 Å². The molecule has 1 N–H and O–H groups in total. The van der Waals surface area contributed by atoms with Crippen LogP contribution in [0.25, 0.3) is 10.8 Å². The molecular formula is C26H21BrN2O5S. The number of hydrazone groups is 1. The van der Waals surface area contributed by atoms with Crippen LogP contribution in [-0.2, 0) is 10.0 Å². The molecule has 178 valence electrons. The fourth-order valence-corrected chi connectivity index (χ4v) is 4.75. The Morgan fingerprint density at radius 2 is 1.71 bits per heavy atom. The predicted molar refractivity (Wildman–Crippen MR) is 139 cm³/mol. The van der Waals surface area contributed by atoms with Crippen molar-refractivity contribution in [2.75, 3.05) is 6.61 Å². The van der Waals surface area contributed by atoms with Gasteiger partial charge in [0.25, 0.3) is 10.0 Å². The highest BCUT2D eigenvalue weighted by atomic mass is 79.9. The standard InChI is InChI=1S/C26H21BrN2O5S/c1-2-33-24-16-18(17-28-29-35(31,32)20-11-4-3-5-12-20)15-23(27)25(24)34-26(30)22-14-8-10-19-9-6-7-13-21(19)22/h3-17,29H,2H2,1H3/b28-17-. The number of ether oxygens (including phenoxy) is 2. The van der Waals surface area contributed by atoms with Crippen LogP contribution >= 0.6 is 15.9 Å². The van der Waals surface area contributed by atoms with Crippen LogP contribution in [0.4, 0.5) is 0 Å². The third-order valence-corrected chi connectivity index (χ3v) is 6.80. The van der Waals surface area contributed by atoms with E-state index < -0.39 is 16.0 Å². The number of sulfonamides is 1. The third-order valence-electron chi connectivity index (χ3n) is 4.98.